The fourth-order valence-electron chi connectivity index (χ4n) is 3.67. The largest absolute Gasteiger partial charge is 0.360 e. The second-order valence-electron chi connectivity index (χ2n) is 7.66. The summed E-state index contributed by atoms with van der Waals surface area (Å²) in [4.78, 5) is 21.1. The first kappa shape index (κ1) is 19.2. The predicted molar refractivity (Wildman–Crippen MR) is 114 cm³/mol. The zero-order valence-electron chi connectivity index (χ0n) is 17.2. The number of aromatic nitrogens is 5. The molecule has 0 atom stereocenters. The summed E-state index contributed by atoms with van der Waals surface area (Å²) in [7, 11) is 0. The Morgan fingerprint density at radius 1 is 1.16 bits per heavy atom. The molecule has 4 aromatic rings. The van der Waals surface area contributed by atoms with E-state index in [1.807, 2.05) is 22.9 Å². The Hall–Kier alpha value is -3.81. The van der Waals surface area contributed by atoms with E-state index in [0.29, 0.717) is 36.0 Å². The van der Waals surface area contributed by atoms with E-state index < -0.39 is 0 Å². The Bertz CT molecular complexity index is 1200. The summed E-state index contributed by atoms with van der Waals surface area (Å²) in [6.07, 6.45) is 11.3. The molecule has 1 amide bonds. The Morgan fingerprint density at radius 2 is 2.00 bits per heavy atom. The van der Waals surface area contributed by atoms with Gasteiger partial charge < -0.3 is 9.84 Å². The van der Waals surface area contributed by atoms with Crippen molar-refractivity contribution in [2.24, 2.45) is 0 Å². The van der Waals surface area contributed by atoms with Gasteiger partial charge in [-0.1, -0.05) is 5.16 Å². The third-order valence-corrected chi connectivity index (χ3v) is 5.40. The number of nitrogens with one attached hydrogen (secondary N) is 1. The summed E-state index contributed by atoms with van der Waals surface area (Å²) in [5.74, 6) is 0.786. The van der Waals surface area contributed by atoms with Gasteiger partial charge in [-0.15, -0.1) is 0 Å². The average Bonchev–Trinajstić information content (AvgIpc) is 3.45. The highest BCUT2D eigenvalue weighted by Crippen LogP contribution is 2.43. The molecule has 1 aliphatic carbocycles. The van der Waals surface area contributed by atoms with Crippen molar-refractivity contribution in [1.82, 2.24) is 30.2 Å². The number of aryl methyl sites for hydroxylation is 1. The Balaban J connectivity index is 1.29. The average molecular weight is 414 g/mol. The molecule has 0 aromatic carbocycles. The van der Waals surface area contributed by atoms with Crippen molar-refractivity contribution < 1.29 is 9.32 Å². The number of hydrogen-bond donors (Lipinski definition) is 1. The van der Waals surface area contributed by atoms with Gasteiger partial charge in [0, 0.05) is 54.6 Å². The predicted octanol–water partition coefficient (Wildman–Crippen LogP) is 3.61. The molecular formula is C23H22N6O2. The van der Waals surface area contributed by atoms with Crippen LogP contribution in [-0.4, -0.2) is 37.4 Å². The van der Waals surface area contributed by atoms with E-state index >= 15 is 0 Å². The number of rotatable bonds is 7. The van der Waals surface area contributed by atoms with Crippen LogP contribution in [-0.2, 0) is 6.54 Å². The van der Waals surface area contributed by atoms with Crippen LogP contribution in [0.2, 0.25) is 0 Å². The van der Waals surface area contributed by atoms with Crippen LogP contribution in [0.5, 0.6) is 0 Å². The van der Waals surface area contributed by atoms with Gasteiger partial charge >= 0.3 is 0 Å². The molecule has 4 heterocycles. The normalized spacial score (nSPS) is 13.3. The fourth-order valence-corrected chi connectivity index (χ4v) is 3.67. The maximum absolute atomic E-state index is 12.9. The summed E-state index contributed by atoms with van der Waals surface area (Å²) < 4.78 is 7.18. The van der Waals surface area contributed by atoms with Gasteiger partial charge in [-0.05, 0) is 49.6 Å². The second kappa shape index (κ2) is 8.14. The molecule has 8 nitrogen and oxygen atoms in total. The van der Waals surface area contributed by atoms with Gasteiger partial charge in [0.15, 0.2) is 0 Å². The van der Waals surface area contributed by atoms with Crippen LogP contribution in [0.4, 0.5) is 0 Å². The molecular weight excluding hydrogens is 392 g/mol. The molecule has 8 heteroatoms. The summed E-state index contributed by atoms with van der Waals surface area (Å²) in [6.45, 7) is 2.75. The van der Waals surface area contributed by atoms with E-state index in [4.69, 9.17) is 9.62 Å². The zero-order valence-corrected chi connectivity index (χ0v) is 17.2. The van der Waals surface area contributed by atoms with Crippen molar-refractivity contribution >= 4 is 5.91 Å². The van der Waals surface area contributed by atoms with Crippen molar-refractivity contribution in [3.63, 3.8) is 0 Å². The number of amides is 1. The highest BCUT2D eigenvalue weighted by molar-refractivity contribution is 6.00. The maximum atomic E-state index is 12.9. The molecule has 0 aliphatic heterocycles. The molecule has 0 radical (unpaired) electrons. The van der Waals surface area contributed by atoms with E-state index in [2.05, 4.69) is 26.6 Å². The highest BCUT2D eigenvalue weighted by atomic mass is 16.5. The lowest BCUT2D eigenvalue weighted by atomic mass is 10.1. The van der Waals surface area contributed by atoms with Gasteiger partial charge in [0.25, 0.3) is 5.91 Å². The molecule has 0 bridgehead atoms. The minimum atomic E-state index is -0.221. The van der Waals surface area contributed by atoms with Gasteiger partial charge in [0.2, 0.25) is 0 Å². The van der Waals surface area contributed by atoms with Gasteiger partial charge in [-0.25, -0.2) is 0 Å². The number of pyridine rings is 2. The SMILES string of the molecule is Cc1onc(-c2cccnc2)c1C(=O)NCCn1cc(-c2ccncc2)c(C2CC2)n1. The summed E-state index contributed by atoms with van der Waals surface area (Å²) in [5, 5.41) is 11.8. The molecule has 0 unspecified atom stereocenters. The third-order valence-electron chi connectivity index (χ3n) is 5.40. The molecule has 1 N–H and O–H groups in total. The van der Waals surface area contributed by atoms with Crippen LogP contribution in [0.15, 0.2) is 59.8 Å². The van der Waals surface area contributed by atoms with Crippen LogP contribution in [0, 0.1) is 6.92 Å². The number of hydrogen-bond acceptors (Lipinski definition) is 6. The number of carbonyl (C=O) groups excluding carboxylic acids is 1. The molecule has 1 saturated carbocycles. The van der Waals surface area contributed by atoms with Crippen molar-refractivity contribution in [2.45, 2.75) is 32.2 Å². The molecule has 0 spiro atoms. The first-order chi connectivity index (χ1) is 15.2. The second-order valence-corrected chi connectivity index (χ2v) is 7.66. The summed E-state index contributed by atoms with van der Waals surface area (Å²) >= 11 is 0. The van der Waals surface area contributed by atoms with E-state index in [1.165, 1.54) is 12.8 Å². The van der Waals surface area contributed by atoms with Crippen LogP contribution >= 0.6 is 0 Å². The smallest absolute Gasteiger partial charge is 0.257 e. The van der Waals surface area contributed by atoms with Crippen LogP contribution in [0.3, 0.4) is 0 Å². The topological polar surface area (TPSA) is 98.7 Å². The van der Waals surface area contributed by atoms with E-state index in [0.717, 1.165) is 22.4 Å². The van der Waals surface area contributed by atoms with Crippen molar-refractivity contribution in [2.75, 3.05) is 6.54 Å². The lowest BCUT2D eigenvalue weighted by molar-refractivity contribution is 0.0951. The van der Waals surface area contributed by atoms with Crippen molar-refractivity contribution in [3.05, 3.63) is 72.3 Å². The molecule has 156 valence electrons. The minimum Gasteiger partial charge on any atom is -0.360 e. The monoisotopic (exact) mass is 414 g/mol. The van der Waals surface area contributed by atoms with Gasteiger partial charge in [0.1, 0.15) is 17.0 Å². The Kier molecular flexibility index (Phi) is 5.03. The summed E-state index contributed by atoms with van der Waals surface area (Å²) in [5.41, 5.74) is 5.07. The molecule has 1 fully saturated rings. The highest BCUT2D eigenvalue weighted by Gasteiger charge is 2.29. The van der Waals surface area contributed by atoms with Crippen molar-refractivity contribution in [1.29, 1.82) is 0 Å². The number of carbonyl (C=O) groups is 1. The van der Waals surface area contributed by atoms with E-state index in [9.17, 15) is 4.79 Å². The van der Waals surface area contributed by atoms with E-state index in [-0.39, 0.29) is 5.91 Å². The van der Waals surface area contributed by atoms with Gasteiger partial charge in [-0.3, -0.25) is 19.4 Å². The maximum Gasteiger partial charge on any atom is 0.257 e. The standard InChI is InChI=1S/C23H22N6O2/c1-15-20(22(28-31-15)18-3-2-8-25-13-18)23(30)26-11-12-29-14-19(16-6-9-24-10-7-16)21(27-29)17-4-5-17/h2-3,6-10,13-14,17H,4-5,11-12H2,1H3,(H,26,30). The molecule has 1 aliphatic rings. The molecule has 4 aromatic heterocycles. The third kappa shape index (κ3) is 3.96. The van der Waals surface area contributed by atoms with Gasteiger partial charge in [0.05, 0.1) is 12.2 Å². The van der Waals surface area contributed by atoms with Gasteiger partial charge in [-0.2, -0.15) is 5.10 Å². The van der Waals surface area contributed by atoms with Crippen LogP contribution < -0.4 is 5.32 Å². The van der Waals surface area contributed by atoms with Crippen LogP contribution in [0.1, 0.15) is 40.6 Å². The minimum absolute atomic E-state index is 0.221. The molecule has 5 rings (SSSR count). The lowest BCUT2D eigenvalue weighted by Gasteiger charge is -2.06. The summed E-state index contributed by atoms with van der Waals surface area (Å²) in [6, 6.07) is 7.66. The Morgan fingerprint density at radius 3 is 2.74 bits per heavy atom. The first-order valence-corrected chi connectivity index (χ1v) is 10.3. The number of nitrogens with zero attached hydrogens (tertiary/aromatic N) is 5. The van der Waals surface area contributed by atoms with E-state index in [1.54, 1.807) is 37.8 Å². The van der Waals surface area contributed by atoms with Crippen molar-refractivity contribution in [3.8, 4) is 22.4 Å². The molecule has 31 heavy (non-hydrogen) atoms. The fraction of sp³-hybridized carbons (Fsp3) is 0.261. The lowest BCUT2D eigenvalue weighted by Crippen LogP contribution is -2.28. The Labute approximate surface area is 179 Å². The zero-order chi connectivity index (χ0) is 21.2. The molecule has 0 saturated heterocycles. The van der Waals surface area contributed by atoms with Crippen LogP contribution in [0.25, 0.3) is 22.4 Å². The quantitative estimate of drug-likeness (QED) is 0.496. The first-order valence-electron chi connectivity index (χ1n) is 10.3.